The van der Waals surface area contributed by atoms with Gasteiger partial charge < -0.3 is 15.6 Å². The topological polar surface area (TPSA) is 68.4 Å². The van der Waals surface area contributed by atoms with Crippen LogP contribution in [0.25, 0.3) is 0 Å². The summed E-state index contributed by atoms with van der Waals surface area (Å²) in [5, 5.41) is 11.7. The average molecular weight is 222 g/mol. The molecule has 0 saturated carbocycles. The molecule has 0 bridgehead atoms. The number of aromatic hydroxyl groups is 1. The van der Waals surface area contributed by atoms with Gasteiger partial charge in [0.25, 0.3) is 0 Å². The number of rotatable bonds is 3. The summed E-state index contributed by atoms with van der Waals surface area (Å²) in [6.07, 6.45) is 0. The van der Waals surface area contributed by atoms with E-state index in [9.17, 15) is 0 Å². The fraction of sp³-hybridized carbons (Fsp3) is 0.100. The van der Waals surface area contributed by atoms with Crippen LogP contribution in [0.15, 0.2) is 29.6 Å². The first-order valence-electron chi connectivity index (χ1n) is 4.36. The molecule has 2 rings (SSSR count). The zero-order valence-electron chi connectivity index (χ0n) is 7.88. The molecule has 0 atom stereocenters. The van der Waals surface area contributed by atoms with E-state index in [1.54, 1.807) is 29.6 Å². The van der Waals surface area contributed by atoms with Gasteiger partial charge in [-0.1, -0.05) is 0 Å². The van der Waals surface area contributed by atoms with Crippen molar-refractivity contribution in [3.05, 3.63) is 34.7 Å². The first-order chi connectivity index (χ1) is 7.24. The van der Waals surface area contributed by atoms with Gasteiger partial charge >= 0.3 is 0 Å². The van der Waals surface area contributed by atoms with Crippen molar-refractivity contribution >= 4 is 17.2 Å². The van der Waals surface area contributed by atoms with Crippen molar-refractivity contribution in [1.82, 2.24) is 4.98 Å². The van der Waals surface area contributed by atoms with Gasteiger partial charge in [-0.2, -0.15) is 0 Å². The molecular formula is C10H10N2O2S. The van der Waals surface area contributed by atoms with E-state index >= 15 is 0 Å². The number of phenols is 1. The van der Waals surface area contributed by atoms with Gasteiger partial charge in [-0.05, 0) is 24.3 Å². The molecule has 3 N–H and O–H groups in total. The van der Waals surface area contributed by atoms with Crippen molar-refractivity contribution < 1.29 is 9.84 Å². The lowest BCUT2D eigenvalue weighted by molar-refractivity contribution is 0.305. The lowest BCUT2D eigenvalue weighted by Crippen LogP contribution is -1.95. The number of nitrogens with two attached hydrogens (primary N) is 1. The lowest BCUT2D eigenvalue weighted by atomic mass is 10.3. The predicted molar refractivity (Wildman–Crippen MR) is 59.0 cm³/mol. The second-order valence-corrected chi connectivity index (χ2v) is 3.89. The maximum Gasteiger partial charge on any atom is 0.140 e. The van der Waals surface area contributed by atoms with Crippen LogP contribution in [0.2, 0.25) is 0 Å². The van der Waals surface area contributed by atoms with Crippen LogP contribution in [0.5, 0.6) is 11.5 Å². The number of hydrogen-bond acceptors (Lipinski definition) is 5. The Balaban J connectivity index is 1.96. The van der Waals surface area contributed by atoms with Crippen molar-refractivity contribution in [3.8, 4) is 11.5 Å². The summed E-state index contributed by atoms with van der Waals surface area (Å²) in [6.45, 7) is 0.395. The summed E-state index contributed by atoms with van der Waals surface area (Å²) in [5.41, 5.74) is 5.48. The van der Waals surface area contributed by atoms with Crippen molar-refractivity contribution in [3.63, 3.8) is 0 Å². The molecule has 2 aromatic rings. The minimum atomic E-state index is 0.223. The summed E-state index contributed by atoms with van der Waals surface area (Å²) < 4.78 is 5.44. The Labute approximate surface area is 91.0 Å². The number of aromatic nitrogens is 1. The van der Waals surface area contributed by atoms with Crippen LogP contribution < -0.4 is 10.5 Å². The average Bonchev–Trinajstić information content (AvgIpc) is 2.64. The van der Waals surface area contributed by atoms with Crippen molar-refractivity contribution in [2.75, 3.05) is 5.73 Å². The maximum atomic E-state index is 9.06. The van der Waals surface area contributed by atoms with Gasteiger partial charge in [0.05, 0.1) is 0 Å². The summed E-state index contributed by atoms with van der Waals surface area (Å²) in [7, 11) is 0. The SMILES string of the molecule is Nc1csc(COc2ccc(O)cc2)n1. The Morgan fingerprint density at radius 1 is 1.33 bits per heavy atom. The molecule has 1 heterocycles. The van der Waals surface area contributed by atoms with E-state index in [1.807, 2.05) is 0 Å². The zero-order valence-corrected chi connectivity index (χ0v) is 8.70. The molecular weight excluding hydrogens is 212 g/mol. The third-order valence-corrected chi connectivity index (χ3v) is 2.61. The molecule has 0 saturated heterocycles. The van der Waals surface area contributed by atoms with Crippen LogP contribution in [0.3, 0.4) is 0 Å². The molecule has 0 amide bonds. The summed E-state index contributed by atoms with van der Waals surface area (Å²) >= 11 is 1.46. The molecule has 0 radical (unpaired) electrons. The van der Waals surface area contributed by atoms with Crippen LogP contribution in [-0.4, -0.2) is 10.1 Å². The molecule has 1 aromatic carbocycles. The van der Waals surface area contributed by atoms with E-state index < -0.39 is 0 Å². The minimum absolute atomic E-state index is 0.223. The third-order valence-electron chi connectivity index (χ3n) is 1.77. The van der Waals surface area contributed by atoms with Crippen molar-refractivity contribution in [1.29, 1.82) is 0 Å². The number of ether oxygens (including phenoxy) is 1. The van der Waals surface area contributed by atoms with E-state index in [4.69, 9.17) is 15.6 Å². The first kappa shape index (κ1) is 9.79. The number of nitrogen functional groups attached to an aromatic ring is 1. The predicted octanol–water partition coefficient (Wildman–Crippen LogP) is 2.01. The number of benzene rings is 1. The molecule has 0 fully saturated rings. The number of nitrogens with zero attached hydrogens (tertiary/aromatic N) is 1. The van der Waals surface area contributed by atoms with Gasteiger partial charge in [0, 0.05) is 5.38 Å². The second-order valence-electron chi connectivity index (χ2n) is 2.95. The van der Waals surface area contributed by atoms with Crippen LogP contribution >= 0.6 is 11.3 Å². The first-order valence-corrected chi connectivity index (χ1v) is 5.24. The molecule has 0 aliphatic rings. The van der Waals surface area contributed by atoms with Gasteiger partial charge in [-0.15, -0.1) is 11.3 Å². The van der Waals surface area contributed by atoms with Crippen LogP contribution in [-0.2, 0) is 6.61 Å². The minimum Gasteiger partial charge on any atom is -0.508 e. The van der Waals surface area contributed by atoms with Crippen molar-refractivity contribution in [2.24, 2.45) is 0 Å². The van der Waals surface area contributed by atoms with E-state index in [2.05, 4.69) is 4.98 Å². The molecule has 0 aliphatic carbocycles. The highest BCUT2D eigenvalue weighted by atomic mass is 32.1. The van der Waals surface area contributed by atoms with Gasteiger partial charge in [0.1, 0.15) is 28.9 Å². The molecule has 78 valence electrons. The lowest BCUT2D eigenvalue weighted by Gasteiger charge is -2.03. The Bertz CT molecular complexity index is 439. The van der Waals surface area contributed by atoms with Crippen LogP contribution in [0.4, 0.5) is 5.82 Å². The fourth-order valence-electron chi connectivity index (χ4n) is 1.08. The summed E-state index contributed by atoms with van der Waals surface area (Å²) in [6, 6.07) is 6.55. The van der Waals surface area contributed by atoms with Gasteiger partial charge in [0.15, 0.2) is 0 Å². The normalized spacial score (nSPS) is 10.1. The van der Waals surface area contributed by atoms with Crippen LogP contribution in [0, 0.1) is 0 Å². The number of hydrogen-bond donors (Lipinski definition) is 2. The molecule has 0 unspecified atom stereocenters. The smallest absolute Gasteiger partial charge is 0.140 e. The molecule has 1 aromatic heterocycles. The van der Waals surface area contributed by atoms with Gasteiger partial charge in [-0.3, -0.25) is 0 Å². The Kier molecular flexibility index (Phi) is 2.73. The third kappa shape index (κ3) is 2.60. The molecule has 5 heteroatoms. The quantitative estimate of drug-likeness (QED) is 0.833. The summed E-state index contributed by atoms with van der Waals surface area (Å²) in [4.78, 5) is 4.07. The van der Waals surface area contributed by atoms with E-state index in [-0.39, 0.29) is 5.75 Å². The summed E-state index contributed by atoms with van der Waals surface area (Å²) in [5.74, 6) is 1.44. The van der Waals surface area contributed by atoms with E-state index in [0.717, 1.165) is 5.01 Å². The monoisotopic (exact) mass is 222 g/mol. The highest BCUT2D eigenvalue weighted by molar-refractivity contribution is 7.09. The zero-order chi connectivity index (χ0) is 10.7. The standard InChI is InChI=1S/C10H10N2O2S/c11-9-6-15-10(12-9)5-14-8-3-1-7(13)2-4-8/h1-4,6,13H,5,11H2. The highest BCUT2D eigenvalue weighted by Crippen LogP contribution is 2.18. The largest absolute Gasteiger partial charge is 0.508 e. The van der Waals surface area contributed by atoms with Gasteiger partial charge in [-0.25, -0.2) is 4.98 Å². The molecule has 4 nitrogen and oxygen atoms in total. The molecule has 0 aliphatic heterocycles. The Morgan fingerprint density at radius 3 is 2.67 bits per heavy atom. The Hall–Kier alpha value is -1.75. The highest BCUT2D eigenvalue weighted by Gasteiger charge is 2.00. The molecule has 0 spiro atoms. The Morgan fingerprint density at radius 2 is 2.07 bits per heavy atom. The van der Waals surface area contributed by atoms with E-state index in [0.29, 0.717) is 18.2 Å². The fourth-order valence-corrected chi connectivity index (χ4v) is 1.67. The second kappa shape index (κ2) is 4.18. The number of phenolic OH excluding ortho intramolecular Hbond substituents is 1. The molecule has 15 heavy (non-hydrogen) atoms. The van der Waals surface area contributed by atoms with E-state index in [1.165, 1.54) is 11.3 Å². The maximum absolute atomic E-state index is 9.06. The number of thiazole rings is 1. The van der Waals surface area contributed by atoms with Gasteiger partial charge in [0.2, 0.25) is 0 Å². The number of anilines is 1. The van der Waals surface area contributed by atoms with Crippen LogP contribution in [0.1, 0.15) is 5.01 Å². The van der Waals surface area contributed by atoms with Crippen molar-refractivity contribution in [2.45, 2.75) is 6.61 Å².